The van der Waals surface area contributed by atoms with Crippen molar-refractivity contribution in [2.24, 2.45) is 0 Å². The molecule has 0 bridgehead atoms. The molecule has 9 heteroatoms. The summed E-state index contributed by atoms with van der Waals surface area (Å²) < 4.78 is 35.4. The van der Waals surface area contributed by atoms with Crippen LogP contribution in [0.2, 0.25) is 0 Å². The van der Waals surface area contributed by atoms with E-state index in [1.165, 1.54) is 25.7 Å². The Kier molecular flexibility index (Phi) is 5.88. The zero-order valence-electron chi connectivity index (χ0n) is 10.5. The van der Waals surface area contributed by atoms with Crippen LogP contribution in [0.5, 0.6) is 0 Å². The summed E-state index contributed by atoms with van der Waals surface area (Å²) in [6, 6.07) is 1.31. The molecule has 0 spiro atoms. The topological polar surface area (TPSA) is 102 Å². The number of carbonyl (C=O) groups excluding carboxylic acids is 1. The van der Waals surface area contributed by atoms with Crippen molar-refractivity contribution in [1.29, 1.82) is 0 Å². The number of thiophene rings is 1. The Morgan fingerprint density at radius 3 is 2.79 bits per heavy atom. The predicted octanol–water partition coefficient (Wildman–Crippen LogP) is -0.180. The molecule has 2 N–H and O–H groups in total. The van der Waals surface area contributed by atoms with E-state index in [9.17, 15) is 18.3 Å². The number of aliphatic hydroxyl groups is 1. The quantitative estimate of drug-likeness (QED) is 0.678. The lowest BCUT2D eigenvalue weighted by Gasteiger charge is -2.11. The fourth-order valence-electron chi connectivity index (χ4n) is 1.29. The summed E-state index contributed by atoms with van der Waals surface area (Å²) >= 11 is 0.973. The Balaban J connectivity index is 2.83. The van der Waals surface area contributed by atoms with Crippen LogP contribution in [0.15, 0.2) is 16.3 Å². The minimum absolute atomic E-state index is 0.00349. The van der Waals surface area contributed by atoms with Gasteiger partial charge < -0.3 is 14.6 Å². The predicted molar refractivity (Wildman–Crippen MR) is 68.7 cm³/mol. The minimum Gasteiger partial charge on any atom is -0.465 e. The molecule has 7 nitrogen and oxygen atoms in total. The van der Waals surface area contributed by atoms with Crippen LogP contribution in [0.25, 0.3) is 0 Å². The lowest BCUT2D eigenvalue weighted by molar-refractivity contribution is 0.0602. The van der Waals surface area contributed by atoms with Gasteiger partial charge in [-0.1, -0.05) is 0 Å². The molecule has 0 fully saturated rings. The highest BCUT2D eigenvalue weighted by Crippen LogP contribution is 2.22. The zero-order valence-corrected chi connectivity index (χ0v) is 12.1. The largest absolute Gasteiger partial charge is 0.465 e. The molecule has 1 unspecified atom stereocenters. The van der Waals surface area contributed by atoms with Gasteiger partial charge in [-0.15, -0.1) is 11.3 Å². The highest BCUT2D eigenvalue weighted by atomic mass is 32.2. The number of ether oxygens (including phenoxy) is 2. The molecule has 0 aliphatic heterocycles. The molecule has 1 aromatic rings. The molecule has 1 heterocycles. The molecular weight excluding hydrogens is 294 g/mol. The van der Waals surface area contributed by atoms with Crippen LogP contribution in [0.1, 0.15) is 9.67 Å². The summed E-state index contributed by atoms with van der Waals surface area (Å²) in [4.78, 5) is 11.2. The van der Waals surface area contributed by atoms with E-state index in [2.05, 4.69) is 14.2 Å². The smallest absolute Gasteiger partial charge is 0.349 e. The lowest BCUT2D eigenvalue weighted by Crippen LogP contribution is -2.34. The Morgan fingerprint density at radius 2 is 2.21 bits per heavy atom. The molecule has 0 saturated carbocycles. The normalized spacial score (nSPS) is 13.2. The van der Waals surface area contributed by atoms with Gasteiger partial charge in [0.2, 0.25) is 10.0 Å². The molecule has 0 saturated heterocycles. The van der Waals surface area contributed by atoms with Gasteiger partial charge in [-0.25, -0.2) is 17.9 Å². The van der Waals surface area contributed by atoms with Crippen molar-refractivity contribution in [3.63, 3.8) is 0 Å². The van der Waals surface area contributed by atoms with Gasteiger partial charge in [0, 0.05) is 13.7 Å². The average molecular weight is 309 g/mol. The summed E-state index contributed by atoms with van der Waals surface area (Å²) in [6.45, 7) is -0.192. The standard InChI is InChI=1S/C10H15NO6S2/c1-16-6-7(12)5-11-19(14,15)8-3-4-18-9(8)10(13)17-2/h3-4,7,11-12H,5-6H2,1-2H3. The molecule has 0 amide bonds. The first-order valence-corrected chi connectivity index (χ1v) is 7.61. The second kappa shape index (κ2) is 6.96. The number of carbonyl (C=O) groups is 1. The van der Waals surface area contributed by atoms with Gasteiger partial charge in [-0.05, 0) is 11.4 Å². The van der Waals surface area contributed by atoms with Crippen LogP contribution in [0.3, 0.4) is 0 Å². The van der Waals surface area contributed by atoms with Crippen molar-refractivity contribution >= 4 is 27.3 Å². The Morgan fingerprint density at radius 1 is 1.53 bits per heavy atom. The van der Waals surface area contributed by atoms with Gasteiger partial charge in [0.05, 0.1) is 19.8 Å². The number of hydrogen-bond acceptors (Lipinski definition) is 7. The maximum absolute atomic E-state index is 12.0. The molecule has 0 radical (unpaired) electrons. The summed E-state index contributed by atoms with van der Waals surface area (Å²) in [5.74, 6) is -0.715. The molecule has 1 aromatic heterocycles. The molecule has 1 atom stereocenters. The minimum atomic E-state index is -3.87. The fraction of sp³-hybridized carbons (Fsp3) is 0.500. The monoisotopic (exact) mass is 309 g/mol. The van der Waals surface area contributed by atoms with Gasteiger partial charge in [0.25, 0.3) is 0 Å². The van der Waals surface area contributed by atoms with Crippen LogP contribution in [-0.2, 0) is 19.5 Å². The number of esters is 1. The Labute approximate surface area is 115 Å². The van der Waals surface area contributed by atoms with E-state index in [1.54, 1.807) is 0 Å². The molecular formula is C10H15NO6S2. The van der Waals surface area contributed by atoms with Crippen molar-refractivity contribution < 1.29 is 27.8 Å². The van der Waals surface area contributed by atoms with E-state index in [-0.39, 0.29) is 22.9 Å². The fourth-order valence-corrected chi connectivity index (χ4v) is 3.69. The summed E-state index contributed by atoms with van der Waals surface area (Å²) in [6.07, 6.45) is -0.958. The number of sulfonamides is 1. The second-order valence-corrected chi connectivity index (χ2v) is 6.22. The number of methoxy groups -OCH3 is 2. The molecule has 1 rings (SSSR count). The van der Waals surface area contributed by atoms with Crippen molar-refractivity contribution in [2.75, 3.05) is 27.4 Å². The van der Waals surface area contributed by atoms with E-state index >= 15 is 0 Å². The van der Waals surface area contributed by atoms with Crippen LogP contribution >= 0.6 is 11.3 Å². The van der Waals surface area contributed by atoms with Crippen molar-refractivity contribution in [2.45, 2.75) is 11.0 Å². The van der Waals surface area contributed by atoms with Crippen molar-refractivity contribution in [3.05, 3.63) is 16.3 Å². The average Bonchev–Trinajstić information content (AvgIpc) is 2.86. The van der Waals surface area contributed by atoms with Crippen molar-refractivity contribution in [3.8, 4) is 0 Å². The molecule has 0 aliphatic rings. The van der Waals surface area contributed by atoms with E-state index in [4.69, 9.17) is 0 Å². The third-order valence-electron chi connectivity index (χ3n) is 2.16. The van der Waals surface area contributed by atoms with Crippen LogP contribution < -0.4 is 4.72 Å². The van der Waals surface area contributed by atoms with Gasteiger partial charge in [0.15, 0.2) is 0 Å². The SMILES string of the molecule is COCC(O)CNS(=O)(=O)c1ccsc1C(=O)OC. The highest BCUT2D eigenvalue weighted by molar-refractivity contribution is 7.89. The van der Waals surface area contributed by atoms with Crippen LogP contribution in [-0.4, -0.2) is 53.0 Å². The first-order chi connectivity index (χ1) is 8.92. The maximum atomic E-state index is 12.0. The molecule has 108 valence electrons. The van der Waals surface area contributed by atoms with E-state index < -0.39 is 22.1 Å². The number of rotatable bonds is 7. The van der Waals surface area contributed by atoms with E-state index in [1.807, 2.05) is 0 Å². The van der Waals surface area contributed by atoms with Gasteiger partial charge in [0.1, 0.15) is 9.77 Å². The number of aliphatic hydroxyl groups excluding tert-OH is 1. The first-order valence-electron chi connectivity index (χ1n) is 5.25. The Hall–Kier alpha value is -1.00. The summed E-state index contributed by atoms with van der Waals surface area (Å²) in [7, 11) is -1.30. The third kappa shape index (κ3) is 4.25. The summed E-state index contributed by atoms with van der Waals surface area (Å²) in [5, 5.41) is 10.9. The van der Waals surface area contributed by atoms with E-state index in [0.29, 0.717) is 0 Å². The Bertz CT molecular complexity index is 524. The van der Waals surface area contributed by atoms with Crippen LogP contribution in [0.4, 0.5) is 0 Å². The number of hydrogen-bond donors (Lipinski definition) is 2. The number of nitrogens with one attached hydrogen (secondary N) is 1. The summed E-state index contributed by atoms with van der Waals surface area (Å²) in [5.41, 5.74) is 0. The van der Waals surface area contributed by atoms with E-state index in [0.717, 1.165) is 11.3 Å². The molecule has 19 heavy (non-hydrogen) atoms. The van der Waals surface area contributed by atoms with Gasteiger partial charge in [-0.3, -0.25) is 0 Å². The second-order valence-electron chi connectivity index (χ2n) is 3.57. The van der Waals surface area contributed by atoms with Gasteiger partial charge in [-0.2, -0.15) is 0 Å². The lowest BCUT2D eigenvalue weighted by atomic mass is 10.4. The zero-order chi connectivity index (χ0) is 14.5. The maximum Gasteiger partial charge on any atom is 0.349 e. The van der Waals surface area contributed by atoms with Gasteiger partial charge >= 0.3 is 5.97 Å². The van der Waals surface area contributed by atoms with Crippen molar-refractivity contribution in [1.82, 2.24) is 4.72 Å². The van der Waals surface area contributed by atoms with Crippen LogP contribution in [0, 0.1) is 0 Å². The molecule has 0 aromatic carbocycles. The first kappa shape index (κ1) is 16.1. The third-order valence-corrected chi connectivity index (χ3v) is 4.65. The molecule has 0 aliphatic carbocycles. The highest BCUT2D eigenvalue weighted by Gasteiger charge is 2.24.